The van der Waals surface area contributed by atoms with E-state index in [1.165, 1.54) is 7.11 Å². The highest BCUT2D eigenvalue weighted by Crippen LogP contribution is 2.41. The number of Topliss-reactive ketones (excluding diaryl/α,β-unsaturated/α-hetero) is 2. The van der Waals surface area contributed by atoms with Crippen LogP contribution in [0.2, 0.25) is 0 Å². The number of esters is 1. The highest BCUT2D eigenvalue weighted by atomic mass is 16.7. The summed E-state index contributed by atoms with van der Waals surface area (Å²) in [7, 11) is 6.26. The van der Waals surface area contributed by atoms with E-state index in [9.17, 15) is 29.4 Å². The molecule has 2 saturated heterocycles. The number of hydrogen-bond donors (Lipinski definition) is 2. The molecule has 0 aromatic carbocycles. The average Bonchev–Trinajstić information content (AvgIpc) is 3.28. The van der Waals surface area contributed by atoms with Crippen LogP contribution in [0.15, 0.2) is 47.6 Å². The quantitative estimate of drug-likeness (QED) is 0.190. The highest BCUT2D eigenvalue weighted by molar-refractivity contribution is 5.87. The number of piperidine rings is 1. The van der Waals surface area contributed by atoms with Gasteiger partial charge in [0, 0.05) is 65.6 Å². The number of amides is 1. The summed E-state index contributed by atoms with van der Waals surface area (Å²) < 4.78 is 36.4. The Labute approximate surface area is 389 Å². The van der Waals surface area contributed by atoms with E-state index in [2.05, 4.69) is 0 Å². The maximum absolute atomic E-state index is 14.5. The van der Waals surface area contributed by atoms with Crippen molar-refractivity contribution in [1.82, 2.24) is 4.90 Å². The van der Waals surface area contributed by atoms with Gasteiger partial charge in [0.05, 0.1) is 30.8 Å². The Morgan fingerprint density at radius 1 is 0.846 bits per heavy atom. The molecule has 0 radical (unpaired) electrons. The fourth-order valence-electron chi connectivity index (χ4n) is 10.5. The number of hydrogen-bond acceptors (Lipinski definition) is 12. The molecule has 1 unspecified atom stereocenters. The fourth-order valence-corrected chi connectivity index (χ4v) is 10.5. The first kappa shape index (κ1) is 54.6. The van der Waals surface area contributed by atoms with Gasteiger partial charge in [0.25, 0.3) is 0 Å². The van der Waals surface area contributed by atoms with Crippen LogP contribution < -0.4 is 0 Å². The molecular formula is C52H83NO12. The van der Waals surface area contributed by atoms with Crippen LogP contribution in [0.4, 0.5) is 0 Å². The van der Waals surface area contributed by atoms with Crippen LogP contribution in [0, 0.1) is 35.5 Å². The van der Waals surface area contributed by atoms with Crippen molar-refractivity contribution in [3.63, 3.8) is 0 Å². The van der Waals surface area contributed by atoms with Gasteiger partial charge in [-0.3, -0.25) is 14.4 Å². The number of fused-ring (bicyclic) bond motifs is 3. The zero-order chi connectivity index (χ0) is 48.0. The molecule has 1 saturated carbocycles. The van der Waals surface area contributed by atoms with E-state index in [4.69, 9.17) is 28.4 Å². The normalized spacial score (nSPS) is 39.1. The second kappa shape index (κ2) is 25.9. The van der Waals surface area contributed by atoms with Gasteiger partial charge in [-0.05, 0) is 107 Å². The summed E-state index contributed by atoms with van der Waals surface area (Å²) in [6, 6.07) is -0.847. The maximum atomic E-state index is 14.5. The second-order valence-electron chi connectivity index (χ2n) is 19.8. The molecule has 13 nitrogen and oxygen atoms in total. The highest BCUT2D eigenvalue weighted by Gasteiger charge is 2.48. The molecule has 1 amide bonds. The Bertz CT molecular complexity index is 1690. The monoisotopic (exact) mass is 914 g/mol. The average molecular weight is 914 g/mol. The lowest BCUT2D eigenvalue weighted by Crippen LogP contribution is -2.55. The van der Waals surface area contributed by atoms with E-state index >= 15 is 0 Å². The third-order valence-electron chi connectivity index (χ3n) is 14.9. The zero-order valence-corrected chi connectivity index (χ0v) is 41.4. The first-order valence-corrected chi connectivity index (χ1v) is 24.3. The molecule has 0 aromatic heterocycles. The number of allylic oxidation sites excluding steroid dienone is 6. The van der Waals surface area contributed by atoms with Gasteiger partial charge in [-0.25, -0.2) is 4.79 Å². The molecule has 1 aliphatic carbocycles. The molecule has 3 heterocycles. The number of cyclic esters (lactones) is 1. The van der Waals surface area contributed by atoms with Crippen LogP contribution in [0.1, 0.15) is 132 Å². The summed E-state index contributed by atoms with van der Waals surface area (Å²) in [4.78, 5) is 58.4. The molecule has 3 aliphatic heterocycles. The van der Waals surface area contributed by atoms with Crippen molar-refractivity contribution in [1.29, 1.82) is 0 Å². The number of aliphatic hydroxyl groups excluding tert-OH is 2. The zero-order valence-electron chi connectivity index (χ0n) is 41.4. The standard InChI is InChI=1S/C52H83NO12/c1-32-17-13-12-14-18-33(2)44(60-8)29-40-22-20-38(7)52(63-11,65-40)31-47(56)53-24-16-15-19-41(53)51(59)64-45(35(4)27-39-21-23-42(54)46(28-39)61-9)30-43(55)34(3)26-37(6)49(58)50(62-10)48(57)36(5)25-32/h12-14,17-18,26,32,34-36,38-42,44-46,49-50,54,58H,15-16,19-25,27-31H2,1-11H3/b14-12?,17-13+,33-18?,37-26+/t32-,34-,35-,36-,38-,39+,40?,41+,42-,44+,45+,46-,49-,50+,52+/m1/s1. The van der Waals surface area contributed by atoms with E-state index in [-0.39, 0.29) is 72.3 Å². The molecule has 368 valence electrons. The van der Waals surface area contributed by atoms with E-state index < -0.39 is 54.0 Å². The summed E-state index contributed by atoms with van der Waals surface area (Å²) in [6.45, 7) is 13.7. The summed E-state index contributed by atoms with van der Waals surface area (Å²) >= 11 is 0. The van der Waals surface area contributed by atoms with Crippen LogP contribution in [-0.4, -0.2) is 128 Å². The van der Waals surface area contributed by atoms with E-state index in [1.807, 2.05) is 65.0 Å². The molecular weight excluding hydrogens is 831 g/mol. The first-order chi connectivity index (χ1) is 30.9. The lowest BCUT2D eigenvalue weighted by atomic mass is 9.78. The van der Waals surface area contributed by atoms with Crippen molar-refractivity contribution >= 4 is 23.4 Å². The predicted octanol–water partition coefficient (Wildman–Crippen LogP) is 7.66. The van der Waals surface area contributed by atoms with Crippen LogP contribution in [0.25, 0.3) is 0 Å². The largest absolute Gasteiger partial charge is 0.460 e. The number of methoxy groups -OCH3 is 4. The smallest absolute Gasteiger partial charge is 0.329 e. The van der Waals surface area contributed by atoms with Gasteiger partial charge in [0.15, 0.2) is 11.6 Å². The first-order valence-electron chi connectivity index (χ1n) is 24.3. The van der Waals surface area contributed by atoms with Crippen molar-refractivity contribution in [2.24, 2.45) is 35.5 Å². The van der Waals surface area contributed by atoms with Gasteiger partial charge in [0.1, 0.15) is 30.1 Å². The lowest BCUT2D eigenvalue weighted by molar-refractivity contribution is -0.297. The maximum Gasteiger partial charge on any atom is 0.329 e. The number of carbonyl (C=O) groups is 4. The van der Waals surface area contributed by atoms with Gasteiger partial charge in [-0.1, -0.05) is 71.1 Å². The Hall–Kier alpha value is -3.04. The molecule has 13 heteroatoms. The third kappa shape index (κ3) is 15.0. The topological polar surface area (TPSA) is 167 Å². The number of nitrogens with zero attached hydrogens (tertiary/aromatic N) is 1. The molecule has 0 spiro atoms. The van der Waals surface area contributed by atoms with Gasteiger partial charge in [-0.2, -0.15) is 0 Å². The molecule has 2 N–H and O–H groups in total. The van der Waals surface area contributed by atoms with Crippen molar-refractivity contribution in [2.45, 2.75) is 186 Å². The van der Waals surface area contributed by atoms with Crippen LogP contribution in [0.5, 0.6) is 0 Å². The van der Waals surface area contributed by atoms with Gasteiger partial charge in [-0.15, -0.1) is 0 Å². The minimum Gasteiger partial charge on any atom is -0.460 e. The van der Waals surface area contributed by atoms with E-state index in [1.54, 1.807) is 46.2 Å². The van der Waals surface area contributed by atoms with Crippen molar-refractivity contribution < 1.29 is 57.8 Å². The molecule has 15 atom stereocenters. The number of carbonyl (C=O) groups excluding carboxylic acids is 4. The predicted molar refractivity (Wildman–Crippen MR) is 250 cm³/mol. The van der Waals surface area contributed by atoms with Gasteiger partial charge < -0.3 is 43.5 Å². The van der Waals surface area contributed by atoms with Crippen molar-refractivity contribution in [3.8, 4) is 0 Å². The second-order valence-corrected chi connectivity index (χ2v) is 19.8. The molecule has 0 aromatic rings. The summed E-state index contributed by atoms with van der Waals surface area (Å²) in [5, 5.41) is 22.0. The van der Waals surface area contributed by atoms with Gasteiger partial charge >= 0.3 is 5.97 Å². The number of ether oxygens (including phenoxy) is 6. The van der Waals surface area contributed by atoms with E-state index in [0.29, 0.717) is 50.6 Å². The SMILES string of the molecule is CO[C@H]1CC2CC[C@@H](C)[C@](OC)(CC(=O)N3CCCC[C@H]3C(=O)O[C@H]([C@H](C)C[C@@H]3CC[C@@H](O)[C@H](OC)C3)CC(=O)[C@H](C)/C=C(\C)[C@@H](O)[C@@H](OC)C(=O)[C@H](C)C[C@H](C)/C=C/C=CC=C1C)O2. The summed E-state index contributed by atoms with van der Waals surface area (Å²) in [6.07, 6.45) is 14.1. The Morgan fingerprint density at radius 3 is 2.26 bits per heavy atom. The number of rotatable bonds is 7. The molecule has 4 rings (SSSR count). The summed E-state index contributed by atoms with van der Waals surface area (Å²) in [5.41, 5.74) is 1.44. The lowest BCUT2D eigenvalue weighted by Gasteiger charge is -2.46. The number of aliphatic hydroxyl groups is 2. The minimum atomic E-state index is -1.27. The molecule has 4 aliphatic rings. The van der Waals surface area contributed by atoms with Crippen molar-refractivity contribution in [3.05, 3.63) is 47.6 Å². The Balaban J connectivity index is 1.69. The van der Waals surface area contributed by atoms with Gasteiger partial charge in [0.2, 0.25) is 5.91 Å². The number of ketones is 2. The summed E-state index contributed by atoms with van der Waals surface area (Å²) in [5.74, 6) is -3.62. The Kier molecular flexibility index (Phi) is 21.8. The van der Waals surface area contributed by atoms with Crippen LogP contribution in [-0.2, 0) is 47.6 Å². The molecule has 3 fully saturated rings. The van der Waals surface area contributed by atoms with Crippen LogP contribution in [0.3, 0.4) is 0 Å². The van der Waals surface area contributed by atoms with Crippen molar-refractivity contribution in [2.75, 3.05) is 35.0 Å². The minimum absolute atomic E-state index is 0.0606. The molecule has 65 heavy (non-hydrogen) atoms. The third-order valence-corrected chi connectivity index (χ3v) is 14.9. The molecule has 2 bridgehead atoms. The van der Waals surface area contributed by atoms with Crippen LogP contribution >= 0.6 is 0 Å². The van der Waals surface area contributed by atoms with E-state index in [0.717, 1.165) is 37.7 Å². The fraction of sp³-hybridized carbons (Fsp3) is 0.769. The Morgan fingerprint density at radius 2 is 1.58 bits per heavy atom.